The minimum absolute atomic E-state index is 0.244. The third-order valence-electron chi connectivity index (χ3n) is 3.14. The Labute approximate surface area is 102 Å². The second-order valence-corrected chi connectivity index (χ2v) is 6.94. The van der Waals surface area contributed by atoms with Crippen LogP contribution in [0.5, 0.6) is 0 Å². The molecule has 1 aromatic heterocycles. The molecule has 1 aliphatic rings. The highest BCUT2D eigenvalue weighted by atomic mass is 32.2. The summed E-state index contributed by atoms with van der Waals surface area (Å²) in [5.74, 6) is 0.767. The highest BCUT2D eigenvalue weighted by Crippen LogP contribution is 2.21. The molecule has 0 radical (unpaired) electrons. The Bertz CT molecular complexity index is 461. The summed E-state index contributed by atoms with van der Waals surface area (Å²) in [5, 5.41) is 3.33. The van der Waals surface area contributed by atoms with E-state index in [2.05, 4.69) is 14.9 Å². The standard InChI is InChI=1S/C11H19N3O2S/c1-17(15,16)6-2-5-14-9-13-8-11(14)10-3-4-12-7-10/h8-10,12H,2-7H2,1H3. The molecular weight excluding hydrogens is 238 g/mol. The van der Waals surface area contributed by atoms with Gasteiger partial charge in [-0.2, -0.15) is 0 Å². The van der Waals surface area contributed by atoms with Crippen LogP contribution in [0.2, 0.25) is 0 Å². The molecule has 2 heterocycles. The van der Waals surface area contributed by atoms with E-state index in [-0.39, 0.29) is 5.75 Å². The van der Waals surface area contributed by atoms with Crippen molar-refractivity contribution >= 4 is 9.84 Å². The maximum atomic E-state index is 11.1. The average Bonchev–Trinajstić information content (AvgIpc) is 2.82. The van der Waals surface area contributed by atoms with Crippen LogP contribution in [0.3, 0.4) is 0 Å². The Morgan fingerprint density at radius 1 is 1.59 bits per heavy atom. The molecule has 0 aliphatic carbocycles. The van der Waals surface area contributed by atoms with Crippen molar-refractivity contribution in [1.82, 2.24) is 14.9 Å². The molecule has 0 saturated carbocycles. The number of rotatable bonds is 5. The molecule has 5 nitrogen and oxygen atoms in total. The van der Waals surface area contributed by atoms with Gasteiger partial charge < -0.3 is 9.88 Å². The largest absolute Gasteiger partial charge is 0.334 e. The monoisotopic (exact) mass is 257 g/mol. The first-order valence-corrected chi connectivity index (χ1v) is 8.01. The first-order valence-electron chi connectivity index (χ1n) is 5.95. The van der Waals surface area contributed by atoms with Crippen molar-refractivity contribution in [2.24, 2.45) is 0 Å². The number of nitrogens with one attached hydrogen (secondary N) is 1. The van der Waals surface area contributed by atoms with Crippen molar-refractivity contribution in [3.05, 3.63) is 18.2 Å². The summed E-state index contributed by atoms with van der Waals surface area (Å²) in [4.78, 5) is 4.17. The average molecular weight is 257 g/mol. The second kappa shape index (κ2) is 5.18. The number of aromatic nitrogens is 2. The van der Waals surface area contributed by atoms with Crippen molar-refractivity contribution in [1.29, 1.82) is 0 Å². The summed E-state index contributed by atoms with van der Waals surface area (Å²) in [6.45, 7) is 2.79. The third-order valence-corrected chi connectivity index (χ3v) is 4.17. The molecule has 2 rings (SSSR count). The molecule has 1 unspecified atom stereocenters. The molecule has 0 bridgehead atoms. The van der Waals surface area contributed by atoms with E-state index in [4.69, 9.17) is 0 Å². The Kier molecular flexibility index (Phi) is 3.83. The van der Waals surface area contributed by atoms with Crippen molar-refractivity contribution in [2.75, 3.05) is 25.1 Å². The van der Waals surface area contributed by atoms with E-state index in [1.807, 2.05) is 6.20 Å². The van der Waals surface area contributed by atoms with Gasteiger partial charge in [0, 0.05) is 37.2 Å². The van der Waals surface area contributed by atoms with Crippen molar-refractivity contribution in [2.45, 2.75) is 25.3 Å². The molecular formula is C11H19N3O2S. The smallest absolute Gasteiger partial charge is 0.147 e. The van der Waals surface area contributed by atoms with Crippen LogP contribution in [0.1, 0.15) is 24.5 Å². The number of nitrogens with zero attached hydrogens (tertiary/aromatic N) is 2. The van der Waals surface area contributed by atoms with Crippen LogP contribution < -0.4 is 5.32 Å². The van der Waals surface area contributed by atoms with Crippen LogP contribution in [-0.2, 0) is 16.4 Å². The summed E-state index contributed by atoms with van der Waals surface area (Å²) in [6.07, 6.45) is 6.77. The molecule has 1 fully saturated rings. The van der Waals surface area contributed by atoms with Crippen molar-refractivity contribution in [3.8, 4) is 0 Å². The number of sulfone groups is 1. The molecule has 0 aromatic carbocycles. The fourth-order valence-corrected chi connectivity index (χ4v) is 2.92. The lowest BCUT2D eigenvalue weighted by Gasteiger charge is -2.12. The van der Waals surface area contributed by atoms with Crippen LogP contribution in [0, 0.1) is 0 Å². The summed E-state index contributed by atoms with van der Waals surface area (Å²) >= 11 is 0. The molecule has 1 aliphatic heterocycles. The molecule has 17 heavy (non-hydrogen) atoms. The van der Waals surface area contributed by atoms with Gasteiger partial charge in [0.1, 0.15) is 9.84 Å². The zero-order chi connectivity index (χ0) is 12.3. The lowest BCUT2D eigenvalue weighted by molar-refractivity contribution is 0.580. The van der Waals surface area contributed by atoms with E-state index >= 15 is 0 Å². The molecule has 0 amide bonds. The first-order chi connectivity index (χ1) is 8.06. The Morgan fingerprint density at radius 3 is 3.06 bits per heavy atom. The summed E-state index contributed by atoms with van der Waals surface area (Å²) in [7, 11) is -2.86. The number of hydrogen-bond donors (Lipinski definition) is 1. The third kappa shape index (κ3) is 3.54. The lowest BCUT2D eigenvalue weighted by Crippen LogP contribution is -2.13. The van der Waals surface area contributed by atoms with Gasteiger partial charge in [-0.3, -0.25) is 0 Å². The summed E-state index contributed by atoms with van der Waals surface area (Å²) < 4.78 is 24.2. The topological polar surface area (TPSA) is 64.0 Å². The molecule has 6 heteroatoms. The molecule has 96 valence electrons. The Hall–Kier alpha value is -0.880. The van der Waals surface area contributed by atoms with E-state index in [0.717, 1.165) is 26.1 Å². The van der Waals surface area contributed by atoms with E-state index in [9.17, 15) is 8.42 Å². The van der Waals surface area contributed by atoms with E-state index in [1.165, 1.54) is 11.9 Å². The molecule has 1 N–H and O–H groups in total. The number of imidazole rings is 1. The molecule has 0 spiro atoms. The van der Waals surface area contributed by atoms with E-state index in [1.54, 1.807) is 6.33 Å². The van der Waals surface area contributed by atoms with Crippen LogP contribution in [-0.4, -0.2) is 43.1 Å². The normalized spacial score (nSPS) is 20.9. The van der Waals surface area contributed by atoms with Crippen LogP contribution in [0.15, 0.2) is 12.5 Å². The maximum Gasteiger partial charge on any atom is 0.147 e. The van der Waals surface area contributed by atoms with Crippen LogP contribution in [0.4, 0.5) is 0 Å². The highest BCUT2D eigenvalue weighted by Gasteiger charge is 2.19. The van der Waals surface area contributed by atoms with Gasteiger partial charge in [-0.05, 0) is 19.4 Å². The molecule has 1 saturated heterocycles. The zero-order valence-corrected chi connectivity index (χ0v) is 10.9. The van der Waals surface area contributed by atoms with Gasteiger partial charge in [0.25, 0.3) is 0 Å². The molecule has 1 atom stereocenters. The second-order valence-electron chi connectivity index (χ2n) is 4.69. The Balaban J connectivity index is 1.94. The predicted molar refractivity (Wildman–Crippen MR) is 66.8 cm³/mol. The number of aryl methyl sites for hydroxylation is 1. The van der Waals surface area contributed by atoms with E-state index in [0.29, 0.717) is 12.3 Å². The fourth-order valence-electron chi connectivity index (χ4n) is 2.26. The summed E-state index contributed by atoms with van der Waals surface area (Å²) in [5.41, 5.74) is 1.23. The SMILES string of the molecule is CS(=O)(=O)CCCn1cncc1C1CCNC1. The molecule has 1 aromatic rings. The van der Waals surface area contributed by atoms with Crippen LogP contribution >= 0.6 is 0 Å². The maximum absolute atomic E-state index is 11.1. The van der Waals surface area contributed by atoms with Gasteiger partial charge in [-0.15, -0.1) is 0 Å². The lowest BCUT2D eigenvalue weighted by atomic mass is 10.1. The van der Waals surface area contributed by atoms with Gasteiger partial charge in [0.2, 0.25) is 0 Å². The van der Waals surface area contributed by atoms with Gasteiger partial charge in [-0.25, -0.2) is 13.4 Å². The van der Waals surface area contributed by atoms with Crippen LogP contribution in [0.25, 0.3) is 0 Å². The van der Waals surface area contributed by atoms with E-state index < -0.39 is 9.84 Å². The zero-order valence-electron chi connectivity index (χ0n) is 10.1. The van der Waals surface area contributed by atoms with Gasteiger partial charge >= 0.3 is 0 Å². The quantitative estimate of drug-likeness (QED) is 0.829. The first kappa shape index (κ1) is 12.6. The predicted octanol–water partition coefficient (Wildman–Crippen LogP) is 0.395. The highest BCUT2D eigenvalue weighted by molar-refractivity contribution is 7.90. The minimum atomic E-state index is -2.86. The minimum Gasteiger partial charge on any atom is -0.334 e. The van der Waals surface area contributed by atoms with Gasteiger partial charge in [-0.1, -0.05) is 0 Å². The van der Waals surface area contributed by atoms with Crippen molar-refractivity contribution in [3.63, 3.8) is 0 Å². The van der Waals surface area contributed by atoms with Gasteiger partial charge in [0.15, 0.2) is 0 Å². The van der Waals surface area contributed by atoms with Crippen molar-refractivity contribution < 1.29 is 8.42 Å². The fraction of sp³-hybridized carbons (Fsp3) is 0.727. The summed E-state index contributed by atoms with van der Waals surface area (Å²) in [6, 6.07) is 0. The Morgan fingerprint density at radius 2 is 2.41 bits per heavy atom. The number of hydrogen-bond acceptors (Lipinski definition) is 4. The van der Waals surface area contributed by atoms with Gasteiger partial charge in [0.05, 0.1) is 12.1 Å².